The number of rotatable bonds is 7. The van der Waals surface area contributed by atoms with Crippen molar-refractivity contribution in [1.29, 1.82) is 0 Å². The van der Waals surface area contributed by atoms with Gasteiger partial charge < -0.3 is 15.0 Å². The Hall–Kier alpha value is -4.85. The third-order valence-electron chi connectivity index (χ3n) is 6.58. The zero-order chi connectivity index (χ0) is 31.6. The molecule has 0 spiro atoms. The molecule has 228 valence electrons. The minimum atomic E-state index is -4.77. The van der Waals surface area contributed by atoms with Crippen molar-refractivity contribution < 1.29 is 27.5 Å². The van der Waals surface area contributed by atoms with E-state index in [1.54, 1.807) is 24.3 Å². The Balaban J connectivity index is 1.29. The molecule has 0 aliphatic carbocycles. The van der Waals surface area contributed by atoms with E-state index in [1.165, 1.54) is 51.9 Å². The Morgan fingerprint density at radius 2 is 1.77 bits per heavy atom. The molecule has 44 heavy (non-hydrogen) atoms. The zero-order valence-electron chi connectivity index (χ0n) is 24.2. The number of nitrogens with zero attached hydrogens (tertiary/aromatic N) is 6. The zero-order valence-corrected chi connectivity index (χ0v) is 25.0. The maximum Gasteiger partial charge on any atom is 0.573 e. The monoisotopic (exact) mass is 623 g/mol. The number of hydrogen-bond acceptors (Lipinski definition) is 7. The number of urea groups is 1. The van der Waals surface area contributed by atoms with Crippen molar-refractivity contribution in [1.82, 2.24) is 14.8 Å². The number of aliphatic imine (C=N–C) groups is 1. The molecule has 14 heteroatoms. The van der Waals surface area contributed by atoms with Crippen LogP contribution in [0.1, 0.15) is 25.3 Å². The summed E-state index contributed by atoms with van der Waals surface area (Å²) in [6, 6.07) is 17.3. The lowest BCUT2D eigenvalue weighted by molar-refractivity contribution is -0.274. The van der Waals surface area contributed by atoms with Gasteiger partial charge in [-0.25, -0.2) is 14.5 Å². The first-order valence-corrected chi connectivity index (χ1v) is 14.4. The summed E-state index contributed by atoms with van der Waals surface area (Å²) >= 11 is 1.21. The Kier molecular flexibility index (Phi) is 8.63. The summed E-state index contributed by atoms with van der Waals surface area (Å²) in [6.45, 7) is 4.09. The van der Waals surface area contributed by atoms with Gasteiger partial charge in [0.1, 0.15) is 12.1 Å². The molecule has 1 aliphatic rings. The van der Waals surface area contributed by atoms with E-state index < -0.39 is 12.4 Å². The first-order valence-electron chi connectivity index (χ1n) is 13.4. The van der Waals surface area contributed by atoms with E-state index in [4.69, 9.17) is 0 Å². The molecule has 10 nitrogen and oxygen atoms in total. The van der Waals surface area contributed by atoms with Crippen LogP contribution in [0.2, 0.25) is 0 Å². The van der Waals surface area contributed by atoms with Gasteiger partial charge in [-0.3, -0.25) is 9.69 Å². The van der Waals surface area contributed by atoms with Gasteiger partial charge in [0.2, 0.25) is 5.91 Å². The topological polar surface area (TPSA) is 105 Å². The molecule has 1 aromatic heterocycles. The van der Waals surface area contributed by atoms with Crippen molar-refractivity contribution in [3.05, 3.63) is 78.6 Å². The average molecular weight is 624 g/mol. The van der Waals surface area contributed by atoms with E-state index >= 15 is 0 Å². The number of thioether (sulfide) groups is 1. The largest absolute Gasteiger partial charge is 0.573 e. The van der Waals surface area contributed by atoms with Gasteiger partial charge in [-0.2, -0.15) is 4.99 Å². The van der Waals surface area contributed by atoms with Crippen LogP contribution >= 0.6 is 11.8 Å². The number of amidine groups is 1. The van der Waals surface area contributed by atoms with E-state index in [0.29, 0.717) is 33.6 Å². The molecule has 0 bridgehead atoms. The quantitative estimate of drug-likeness (QED) is 0.245. The minimum absolute atomic E-state index is 0.146. The van der Waals surface area contributed by atoms with Gasteiger partial charge in [0.25, 0.3) is 0 Å². The lowest BCUT2D eigenvalue weighted by Gasteiger charge is -2.24. The average Bonchev–Trinajstić information content (AvgIpc) is 3.59. The molecule has 5 rings (SSSR count). The first kappa shape index (κ1) is 30.6. The fourth-order valence-corrected chi connectivity index (χ4v) is 5.29. The highest BCUT2D eigenvalue weighted by Crippen LogP contribution is 2.36. The number of carbonyl (C=O) groups is 2. The third-order valence-corrected chi connectivity index (χ3v) is 7.50. The van der Waals surface area contributed by atoms with Crippen molar-refractivity contribution >= 4 is 45.9 Å². The fourth-order valence-electron chi connectivity index (χ4n) is 4.44. The van der Waals surface area contributed by atoms with Crippen LogP contribution in [-0.2, 0) is 4.79 Å². The summed E-state index contributed by atoms with van der Waals surface area (Å²) < 4.78 is 42.6. The molecule has 0 atom stereocenters. The third kappa shape index (κ3) is 7.02. The molecule has 2 heterocycles. The molecule has 3 aromatic carbocycles. The lowest BCUT2D eigenvalue weighted by atomic mass is 9.99. The number of halogens is 3. The van der Waals surface area contributed by atoms with Crippen LogP contribution in [0.4, 0.5) is 35.0 Å². The van der Waals surface area contributed by atoms with Gasteiger partial charge in [-0.15, -0.1) is 18.3 Å². The summed E-state index contributed by atoms with van der Waals surface area (Å²) in [5.74, 6) is 0.139. The number of amides is 3. The molecule has 1 saturated heterocycles. The van der Waals surface area contributed by atoms with Gasteiger partial charge in [0, 0.05) is 31.0 Å². The second-order valence-corrected chi connectivity index (χ2v) is 11.2. The fraction of sp³-hybridized carbons (Fsp3) is 0.233. The maximum absolute atomic E-state index is 12.9. The second kappa shape index (κ2) is 12.4. The van der Waals surface area contributed by atoms with Crippen LogP contribution < -0.4 is 19.9 Å². The van der Waals surface area contributed by atoms with Crippen molar-refractivity contribution in [3.8, 4) is 22.8 Å². The molecule has 4 aromatic rings. The van der Waals surface area contributed by atoms with Crippen LogP contribution in [0.25, 0.3) is 17.1 Å². The van der Waals surface area contributed by atoms with Crippen LogP contribution in [0.3, 0.4) is 0 Å². The molecule has 0 saturated carbocycles. The number of alkyl halides is 3. The molecule has 0 radical (unpaired) electrons. The summed E-state index contributed by atoms with van der Waals surface area (Å²) in [6.07, 6.45) is -3.31. The lowest BCUT2D eigenvalue weighted by Crippen LogP contribution is -2.31. The smallest absolute Gasteiger partial charge is 0.406 e. The number of ether oxygens (including phenoxy) is 1. The van der Waals surface area contributed by atoms with Crippen LogP contribution in [0, 0.1) is 0 Å². The Morgan fingerprint density at radius 1 is 1.07 bits per heavy atom. The molecule has 3 amide bonds. The number of hydrogen-bond donors (Lipinski definition) is 1. The van der Waals surface area contributed by atoms with E-state index in [-0.39, 0.29) is 23.3 Å². The molecular weight excluding hydrogens is 595 g/mol. The van der Waals surface area contributed by atoms with Gasteiger partial charge in [0.15, 0.2) is 11.0 Å². The first-order chi connectivity index (χ1) is 20.9. The molecule has 1 N–H and O–H groups in total. The van der Waals surface area contributed by atoms with E-state index in [2.05, 4.69) is 25.1 Å². The summed E-state index contributed by atoms with van der Waals surface area (Å²) in [7, 11) is 3.84. The van der Waals surface area contributed by atoms with Crippen LogP contribution in [-0.4, -0.2) is 58.1 Å². The van der Waals surface area contributed by atoms with Gasteiger partial charge in [-0.1, -0.05) is 31.7 Å². The Bertz CT molecular complexity index is 1700. The highest BCUT2D eigenvalue weighted by molar-refractivity contribution is 8.15. The second-order valence-electron chi connectivity index (χ2n) is 10.3. The number of benzene rings is 3. The molecule has 1 aliphatic heterocycles. The summed E-state index contributed by atoms with van der Waals surface area (Å²) in [5.41, 5.74) is 4.21. The van der Waals surface area contributed by atoms with Gasteiger partial charge in [0.05, 0.1) is 17.1 Å². The van der Waals surface area contributed by atoms with E-state index in [1.807, 2.05) is 51.0 Å². The van der Waals surface area contributed by atoms with Crippen molar-refractivity contribution in [2.45, 2.75) is 26.1 Å². The Labute approximate surface area is 255 Å². The van der Waals surface area contributed by atoms with Crippen molar-refractivity contribution in [2.24, 2.45) is 4.99 Å². The highest BCUT2D eigenvalue weighted by atomic mass is 32.2. The standard InChI is InChI=1S/C30H28F3N7O3S/c1-18(2)24-14-11-22(38(3)4)15-25(24)40-26(41)16-44-29(40)36-28(42)35-20-7-9-21(10-8-20)39-17-34-27(37-39)19-5-12-23(13-6-19)43-30(31,32)33/h5-15,17-18H,16H2,1-4H3,(H,35,42)/b36-29-. The predicted molar refractivity (Wildman–Crippen MR) is 165 cm³/mol. The SMILES string of the molecule is CC(C)c1ccc(N(C)C)cc1N1C(=O)CS/C1=N\C(=O)Nc1ccc(-n2cnc(-c3ccc(OC(F)(F)F)cc3)n2)cc1. The van der Waals surface area contributed by atoms with E-state index in [0.717, 1.165) is 11.3 Å². The van der Waals surface area contributed by atoms with Gasteiger partial charge in [-0.05, 0) is 72.1 Å². The van der Waals surface area contributed by atoms with Crippen molar-refractivity contribution in [2.75, 3.05) is 35.0 Å². The summed E-state index contributed by atoms with van der Waals surface area (Å²) in [5, 5.41) is 7.42. The maximum atomic E-state index is 12.9. The molecular formula is C30H28F3N7O3S. The minimum Gasteiger partial charge on any atom is -0.406 e. The molecule has 1 fully saturated rings. The normalized spacial score (nSPS) is 14.4. The highest BCUT2D eigenvalue weighted by Gasteiger charge is 2.33. The number of aromatic nitrogens is 3. The van der Waals surface area contributed by atoms with Crippen LogP contribution in [0.5, 0.6) is 5.75 Å². The molecule has 0 unspecified atom stereocenters. The van der Waals surface area contributed by atoms with Crippen molar-refractivity contribution in [3.63, 3.8) is 0 Å². The summed E-state index contributed by atoms with van der Waals surface area (Å²) in [4.78, 5) is 37.7. The van der Waals surface area contributed by atoms with Crippen LogP contribution in [0.15, 0.2) is 78.0 Å². The Morgan fingerprint density at radius 3 is 2.41 bits per heavy atom. The van der Waals surface area contributed by atoms with Gasteiger partial charge >= 0.3 is 12.4 Å². The number of nitrogens with one attached hydrogen (secondary N) is 1. The number of carbonyl (C=O) groups excluding carboxylic acids is 2. The van der Waals surface area contributed by atoms with E-state index in [9.17, 15) is 22.8 Å². The predicted octanol–water partition coefficient (Wildman–Crippen LogP) is 6.69. The number of anilines is 3.